The Bertz CT molecular complexity index is 303. The number of allylic oxidation sites excluding steroid dienone is 2. The van der Waals surface area contributed by atoms with Crippen LogP contribution >= 0.6 is 61.2 Å². The number of hydrogen-bond donors (Lipinski definition) is 1. The third-order valence-electron chi connectivity index (χ3n) is 3.47. The summed E-state index contributed by atoms with van der Waals surface area (Å²) in [5.74, 6) is 2.05. The summed E-state index contributed by atoms with van der Waals surface area (Å²) in [6.07, 6.45) is 5.25. The fourth-order valence-electron chi connectivity index (χ4n) is 1.39. The van der Waals surface area contributed by atoms with E-state index in [1.165, 1.54) is 6.42 Å². The number of Topliss-reactive ketones (excluding diaryl/α,β-unsaturated/α-hetero) is 1. The first-order valence-electron chi connectivity index (χ1n) is 8.22. The van der Waals surface area contributed by atoms with E-state index in [9.17, 15) is 4.79 Å². The fourth-order valence-corrected chi connectivity index (χ4v) is 1.39. The van der Waals surface area contributed by atoms with Crippen LogP contribution in [0.1, 0.15) is 74.7 Å². The van der Waals surface area contributed by atoms with Crippen molar-refractivity contribution in [3.63, 3.8) is 0 Å². The van der Waals surface area contributed by atoms with E-state index in [0.717, 1.165) is 24.3 Å². The molecule has 0 radical (unpaired) electrons. The SMILES string of the molecule is CC(=O)/C(C)=C/CC(C)C.CC(C)CCC(C)C(C)O.I.I[I-]I. The third-order valence-corrected chi connectivity index (χ3v) is 3.47. The van der Waals surface area contributed by atoms with Crippen LogP contribution in [0.3, 0.4) is 0 Å². The van der Waals surface area contributed by atoms with Crippen molar-refractivity contribution in [3.05, 3.63) is 11.6 Å². The van der Waals surface area contributed by atoms with Crippen molar-refractivity contribution >= 4 is 67.0 Å². The molecule has 2 nitrogen and oxygen atoms in total. The van der Waals surface area contributed by atoms with E-state index in [-0.39, 0.29) is 35.9 Å². The number of halogens is 4. The minimum atomic E-state index is -0.140. The van der Waals surface area contributed by atoms with Crippen molar-refractivity contribution in [3.8, 4) is 0 Å². The zero-order valence-corrected chi connectivity index (χ0v) is 25.2. The molecule has 2 atom stereocenters. The van der Waals surface area contributed by atoms with Gasteiger partial charge in [-0.3, -0.25) is 4.79 Å². The summed E-state index contributed by atoms with van der Waals surface area (Å²) in [5.41, 5.74) is 0.883. The van der Waals surface area contributed by atoms with Crippen molar-refractivity contribution in [1.29, 1.82) is 0 Å². The van der Waals surface area contributed by atoms with Gasteiger partial charge in [0.25, 0.3) is 0 Å². The van der Waals surface area contributed by atoms with E-state index >= 15 is 0 Å². The van der Waals surface area contributed by atoms with Crippen LogP contribution in [0.5, 0.6) is 0 Å². The molecule has 0 aliphatic carbocycles. The summed E-state index contributed by atoms with van der Waals surface area (Å²) >= 11 is 5.30. The zero-order chi connectivity index (χ0) is 19.0. The molecular formula is C18H37I4O2-. The van der Waals surface area contributed by atoms with Crippen molar-refractivity contribution in [1.82, 2.24) is 0 Å². The van der Waals surface area contributed by atoms with Crippen LogP contribution in [0.4, 0.5) is 0 Å². The van der Waals surface area contributed by atoms with Crippen LogP contribution in [-0.4, -0.2) is 17.0 Å². The molecule has 0 fully saturated rings. The van der Waals surface area contributed by atoms with Gasteiger partial charge < -0.3 is 5.11 Å². The Morgan fingerprint density at radius 3 is 1.67 bits per heavy atom. The van der Waals surface area contributed by atoms with Crippen molar-refractivity contribution in [2.45, 2.75) is 80.8 Å². The molecule has 0 heterocycles. The molecule has 0 saturated heterocycles. The second-order valence-corrected chi connectivity index (χ2v) is 23.1. The Morgan fingerprint density at radius 2 is 1.42 bits per heavy atom. The van der Waals surface area contributed by atoms with Crippen molar-refractivity contribution in [2.24, 2.45) is 17.8 Å². The van der Waals surface area contributed by atoms with Crippen molar-refractivity contribution in [2.75, 3.05) is 0 Å². The van der Waals surface area contributed by atoms with Gasteiger partial charge in [0.05, 0.1) is 6.10 Å². The molecule has 0 aliphatic heterocycles. The maximum absolute atomic E-state index is 10.7. The molecule has 6 heteroatoms. The van der Waals surface area contributed by atoms with Gasteiger partial charge in [-0.2, -0.15) is 0 Å². The van der Waals surface area contributed by atoms with E-state index in [0.29, 0.717) is 25.1 Å². The summed E-state index contributed by atoms with van der Waals surface area (Å²) in [6.45, 7) is 16.2. The fraction of sp³-hybridized carbons (Fsp3) is 0.833. The Morgan fingerprint density at radius 1 is 1.00 bits per heavy atom. The second kappa shape index (κ2) is 23.3. The molecular weight excluding hydrogens is 756 g/mol. The monoisotopic (exact) mass is 793 g/mol. The van der Waals surface area contributed by atoms with Crippen LogP contribution < -0.4 is 13.3 Å². The number of carbonyl (C=O) groups excluding carboxylic acids is 1. The van der Waals surface area contributed by atoms with E-state index in [1.54, 1.807) is 6.92 Å². The summed E-state index contributed by atoms with van der Waals surface area (Å²) in [7, 11) is 0. The molecule has 24 heavy (non-hydrogen) atoms. The first-order chi connectivity index (χ1) is 10.5. The predicted octanol–water partition coefficient (Wildman–Crippen LogP) is 4.40. The standard InChI is InChI=1S/C9H20O.C9H16O.I3.HI/c2*1-7(2)5-6-8(3)9(4)10;1-3-2;/h7-10H,5-6H2,1-4H3;6-7H,5H2,1-4H3;;1H/q;;-1;/b;8-6+;;. The summed E-state index contributed by atoms with van der Waals surface area (Å²) in [4.78, 5) is 10.7. The van der Waals surface area contributed by atoms with Crippen LogP contribution in [0.25, 0.3) is 0 Å². The Labute approximate surface area is 197 Å². The first kappa shape index (κ1) is 33.8. The molecule has 0 aromatic rings. The summed E-state index contributed by atoms with van der Waals surface area (Å²) < 4.78 is 0. The maximum atomic E-state index is 10.7. The molecule has 0 bridgehead atoms. The van der Waals surface area contributed by atoms with Crippen LogP contribution in [-0.2, 0) is 4.79 Å². The van der Waals surface area contributed by atoms with Gasteiger partial charge in [-0.15, -0.1) is 24.0 Å². The number of rotatable bonds is 7. The van der Waals surface area contributed by atoms with Crippen LogP contribution in [0.15, 0.2) is 11.6 Å². The first-order valence-corrected chi connectivity index (χ1v) is 20.8. The number of aliphatic hydroxyl groups excluding tert-OH is 1. The molecule has 0 aromatic carbocycles. The molecule has 1 N–H and O–H groups in total. The number of hydrogen-bond acceptors (Lipinski definition) is 2. The van der Waals surface area contributed by atoms with Crippen molar-refractivity contribution < 1.29 is 23.2 Å². The van der Waals surface area contributed by atoms with Gasteiger partial charge in [0.15, 0.2) is 5.78 Å². The van der Waals surface area contributed by atoms with E-state index in [1.807, 2.05) is 19.9 Å². The van der Waals surface area contributed by atoms with Gasteiger partial charge >= 0.3 is 50.5 Å². The van der Waals surface area contributed by atoms with Crippen LogP contribution in [0, 0.1) is 17.8 Å². The average Bonchev–Trinajstić information content (AvgIpc) is 2.43. The van der Waals surface area contributed by atoms with E-state index in [2.05, 4.69) is 71.9 Å². The summed E-state index contributed by atoms with van der Waals surface area (Å²) in [6, 6.07) is 0. The molecule has 150 valence electrons. The Hall–Kier alpha value is 2.29. The number of carbonyl (C=O) groups is 1. The summed E-state index contributed by atoms with van der Waals surface area (Å²) in [5, 5.41) is 9.13. The Kier molecular flexibility index (Phi) is 32.9. The molecule has 0 amide bonds. The average molecular weight is 793 g/mol. The van der Waals surface area contributed by atoms with Gasteiger partial charge in [0.1, 0.15) is 0 Å². The van der Waals surface area contributed by atoms with Gasteiger partial charge in [-0.25, -0.2) is 0 Å². The van der Waals surface area contributed by atoms with E-state index in [4.69, 9.17) is 5.11 Å². The molecule has 0 aliphatic rings. The quantitative estimate of drug-likeness (QED) is 0.307. The van der Waals surface area contributed by atoms with Gasteiger partial charge in [-0.1, -0.05) is 47.1 Å². The minimum absolute atomic E-state index is 0. The topological polar surface area (TPSA) is 37.3 Å². The number of ketones is 1. The molecule has 2 unspecified atom stereocenters. The predicted molar refractivity (Wildman–Crippen MR) is 132 cm³/mol. The zero-order valence-electron chi connectivity index (χ0n) is 16.4. The third kappa shape index (κ3) is 32.0. The normalized spacial score (nSPS) is 13.3. The molecule has 0 spiro atoms. The van der Waals surface area contributed by atoms with Crippen LogP contribution in [0.2, 0.25) is 0 Å². The second-order valence-electron chi connectivity index (χ2n) is 6.82. The van der Waals surface area contributed by atoms with Gasteiger partial charge in [-0.05, 0) is 56.9 Å². The number of aliphatic hydroxyl groups is 1. The molecule has 0 rings (SSSR count). The van der Waals surface area contributed by atoms with Gasteiger partial charge in [0.2, 0.25) is 0 Å². The molecule has 0 saturated carbocycles. The van der Waals surface area contributed by atoms with E-state index < -0.39 is 0 Å². The molecule has 0 aromatic heterocycles. The Balaban J connectivity index is -0.000000138. The van der Waals surface area contributed by atoms with Gasteiger partial charge in [0, 0.05) is 0 Å².